The van der Waals surface area contributed by atoms with E-state index in [2.05, 4.69) is 10.6 Å². The highest BCUT2D eigenvalue weighted by Crippen LogP contribution is 2.29. The van der Waals surface area contributed by atoms with Crippen molar-refractivity contribution in [2.45, 2.75) is 26.2 Å². The zero-order valence-corrected chi connectivity index (χ0v) is 19.0. The SMILES string of the molecule is COc1ccc(COC(=O)C2=C(C)NC(=O)NC2c2ccc(OCc3ccccc3)cc2)cc1. The standard InChI is InChI=1S/C27H26N2O5/c1-18-24(26(30)34-17-20-8-12-22(32-2)13-9-20)25(29-27(31)28-18)21-10-14-23(15-11-21)33-16-19-6-4-3-5-7-19/h3-15,25H,16-17H2,1-2H3,(H2,28,29,31). The van der Waals surface area contributed by atoms with E-state index in [1.165, 1.54) is 0 Å². The number of rotatable bonds is 8. The normalized spacial score (nSPS) is 15.2. The minimum absolute atomic E-state index is 0.104. The van der Waals surface area contributed by atoms with E-state index < -0.39 is 12.0 Å². The fourth-order valence-electron chi connectivity index (χ4n) is 3.66. The molecule has 1 aliphatic heterocycles. The number of amides is 2. The van der Waals surface area contributed by atoms with Gasteiger partial charge in [0.1, 0.15) is 24.7 Å². The van der Waals surface area contributed by atoms with E-state index in [0.29, 0.717) is 23.6 Å². The van der Waals surface area contributed by atoms with Gasteiger partial charge in [-0.3, -0.25) is 0 Å². The zero-order chi connectivity index (χ0) is 23.9. The summed E-state index contributed by atoms with van der Waals surface area (Å²) in [6, 6.07) is 23.5. The van der Waals surface area contributed by atoms with Crippen molar-refractivity contribution in [1.29, 1.82) is 0 Å². The predicted molar refractivity (Wildman–Crippen MR) is 127 cm³/mol. The minimum Gasteiger partial charge on any atom is -0.497 e. The van der Waals surface area contributed by atoms with Crippen LogP contribution in [0, 0.1) is 0 Å². The Bertz CT molecular complexity index is 1170. The van der Waals surface area contributed by atoms with E-state index in [0.717, 1.165) is 22.4 Å². The molecule has 174 valence electrons. The summed E-state index contributed by atoms with van der Waals surface area (Å²) in [4.78, 5) is 25.1. The Morgan fingerprint density at radius 3 is 2.18 bits per heavy atom. The van der Waals surface area contributed by atoms with Crippen LogP contribution in [0.25, 0.3) is 0 Å². The van der Waals surface area contributed by atoms with Crippen LogP contribution in [0.15, 0.2) is 90.1 Å². The van der Waals surface area contributed by atoms with E-state index in [-0.39, 0.29) is 12.6 Å². The van der Waals surface area contributed by atoms with Crippen LogP contribution in [0.3, 0.4) is 0 Å². The summed E-state index contributed by atoms with van der Waals surface area (Å²) >= 11 is 0. The number of esters is 1. The van der Waals surface area contributed by atoms with Gasteiger partial charge in [-0.2, -0.15) is 0 Å². The maximum atomic E-state index is 13.0. The second-order valence-corrected chi connectivity index (χ2v) is 7.84. The maximum absolute atomic E-state index is 13.0. The lowest BCUT2D eigenvalue weighted by atomic mass is 9.95. The first kappa shape index (κ1) is 22.9. The molecule has 0 bridgehead atoms. The van der Waals surface area contributed by atoms with E-state index >= 15 is 0 Å². The van der Waals surface area contributed by atoms with Gasteiger partial charge in [-0.15, -0.1) is 0 Å². The van der Waals surface area contributed by atoms with Crippen LogP contribution in [0.1, 0.15) is 29.7 Å². The van der Waals surface area contributed by atoms with Crippen molar-refractivity contribution in [1.82, 2.24) is 10.6 Å². The van der Waals surface area contributed by atoms with Gasteiger partial charge in [-0.05, 0) is 47.9 Å². The lowest BCUT2D eigenvalue weighted by Crippen LogP contribution is -2.45. The number of carbonyl (C=O) groups is 2. The van der Waals surface area contributed by atoms with Gasteiger partial charge < -0.3 is 24.8 Å². The van der Waals surface area contributed by atoms with Gasteiger partial charge in [0.15, 0.2) is 0 Å². The van der Waals surface area contributed by atoms with Gasteiger partial charge in [-0.1, -0.05) is 54.6 Å². The molecule has 0 saturated carbocycles. The smallest absolute Gasteiger partial charge is 0.338 e. The summed E-state index contributed by atoms with van der Waals surface area (Å²) in [5.41, 5.74) is 3.45. The molecule has 34 heavy (non-hydrogen) atoms. The molecule has 3 aromatic rings. The van der Waals surface area contributed by atoms with Crippen LogP contribution in [0.5, 0.6) is 11.5 Å². The highest BCUT2D eigenvalue weighted by atomic mass is 16.5. The summed E-state index contributed by atoms with van der Waals surface area (Å²) < 4.78 is 16.5. The van der Waals surface area contributed by atoms with Crippen molar-refractivity contribution in [2.24, 2.45) is 0 Å². The number of allylic oxidation sites excluding steroid dienone is 1. The summed E-state index contributed by atoms with van der Waals surface area (Å²) in [5.74, 6) is 0.913. The van der Waals surface area contributed by atoms with Crippen molar-refractivity contribution in [3.8, 4) is 11.5 Å². The number of benzene rings is 3. The molecule has 7 heteroatoms. The molecule has 2 N–H and O–H groups in total. The second kappa shape index (κ2) is 10.6. The Labute approximate surface area is 198 Å². The average molecular weight is 459 g/mol. The molecular formula is C27H26N2O5. The zero-order valence-electron chi connectivity index (χ0n) is 19.0. The summed E-state index contributed by atoms with van der Waals surface area (Å²) in [7, 11) is 1.59. The largest absolute Gasteiger partial charge is 0.497 e. The molecule has 0 spiro atoms. The average Bonchev–Trinajstić information content (AvgIpc) is 2.87. The first-order chi connectivity index (χ1) is 16.5. The lowest BCUT2D eigenvalue weighted by molar-refractivity contribution is -0.140. The summed E-state index contributed by atoms with van der Waals surface area (Å²) in [5, 5.41) is 5.48. The van der Waals surface area contributed by atoms with E-state index in [1.807, 2.05) is 66.7 Å². The molecule has 4 rings (SSSR count). The van der Waals surface area contributed by atoms with Crippen LogP contribution < -0.4 is 20.1 Å². The molecule has 1 aliphatic rings. The van der Waals surface area contributed by atoms with Gasteiger partial charge in [-0.25, -0.2) is 9.59 Å². The van der Waals surface area contributed by atoms with Crippen molar-refractivity contribution in [3.05, 3.63) is 107 Å². The van der Waals surface area contributed by atoms with Gasteiger partial charge in [0.2, 0.25) is 0 Å². The third kappa shape index (κ3) is 5.56. The molecule has 2 amide bonds. The van der Waals surface area contributed by atoms with Gasteiger partial charge in [0, 0.05) is 5.70 Å². The highest BCUT2D eigenvalue weighted by Gasteiger charge is 2.32. The molecular weight excluding hydrogens is 432 g/mol. The first-order valence-electron chi connectivity index (χ1n) is 10.9. The number of ether oxygens (including phenoxy) is 3. The third-order valence-corrected chi connectivity index (χ3v) is 5.48. The number of hydrogen-bond acceptors (Lipinski definition) is 5. The van der Waals surface area contributed by atoms with Crippen LogP contribution >= 0.6 is 0 Å². The molecule has 0 fully saturated rings. The summed E-state index contributed by atoms with van der Waals surface area (Å²) in [6.07, 6.45) is 0. The fraction of sp³-hybridized carbons (Fsp3) is 0.185. The Balaban J connectivity index is 1.46. The Hall–Kier alpha value is -4.26. The van der Waals surface area contributed by atoms with Crippen molar-refractivity contribution in [2.75, 3.05) is 7.11 Å². The third-order valence-electron chi connectivity index (χ3n) is 5.48. The molecule has 0 saturated heterocycles. The quantitative estimate of drug-likeness (QED) is 0.480. The van der Waals surface area contributed by atoms with Gasteiger partial charge >= 0.3 is 12.0 Å². The van der Waals surface area contributed by atoms with E-state index in [9.17, 15) is 9.59 Å². The monoisotopic (exact) mass is 458 g/mol. The lowest BCUT2D eigenvalue weighted by Gasteiger charge is -2.28. The predicted octanol–water partition coefficient (Wildman–Crippen LogP) is 4.65. The molecule has 7 nitrogen and oxygen atoms in total. The van der Waals surface area contributed by atoms with E-state index in [1.54, 1.807) is 26.2 Å². The van der Waals surface area contributed by atoms with Crippen LogP contribution in [0.2, 0.25) is 0 Å². The van der Waals surface area contributed by atoms with Crippen LogP contribution in [0.4, 0.5) is 4.79 Å². The molecule has 0 aromatic heterocycles. The molecule has 0 radical (unpaired) electrons. The number of carbonyl (C=O) groups excluding carboxylic acids is 2. The van der Waals surface area contributed by atoms with Gasteiger partial charge in [0.05, 0.1) is 18.7 Å². The number of urea groups is 1. The van der Waals surface area contributed by atoms with Crippen molar-refractivity contribution in [3.63, 3.8) is 0 Å². The second-order valence-electron chi connectivity index (χ2n) is 7.84. The number of hydrogen-bond donors (Lipinski definition) is 2. The van der Waals surface area contributed by atoms with E-state index in [4.69, 9.17) is 14.2 Å². The number of methoxy groups -OCH3 is 1. The van der Waals surface area contributed by atoms with Crippen molar-refractivity contribution < 1.29 is 23.8 Å². The molecule has 3 aromatic carbocycles. The first-order valence-corrected chi connectivity index (χ1v) is 10.9. The fourth-order valence-corrected chi connectivity index (χ4v) is 3.66. The minimum atomic E-state index is -0.639. The highest BCUT2D eigenvalue weighted by molar-refractivity contribution is 5.95. The van der Waals surface area contributed by atoms with Crippen LogP contribution in [-0.2, 0) is 22.7 Å². The maximum Gasteiger partial charge on any atom is 0.338 e. The Kier molecular flexibility index (Phi) is 7.13. The molecule has 1 heterocycles. The number of nitrogens with one attached hydrogen (secondary N) is 2. The molecule has 1 unspecified atom stereocenters. The van der Waals surface area contributed by atoms with Crippen LogP contribution in [-0.4, -0.2) is 19.1 Å². The Morgan fingerprint density at radius 2 is 1.50 bits per heavy atom. The van der Waals surface area contributed by atoms with Gasteiger partial charge in [0.25, 0.3) is 0 Å². The van der Waals surface area contributed by atoms with Crippen molar-refractivity contribution >= 4 is 12.0 Å². The summed E-state index contributed by atoms with van der Waals surface area (Å²) in [6.45, 7) is 2.24. The molecule has 0 aliphatic carbocycles. The Morgan fingerprint density at radius 1 is 0.853 bits per heavy atom. The molecule has 1 atom stereocenters. The topological polar surface area (TPSA) is 85.9 Å².